The van der Waals surface area contributed by atoms with E-state index in [2.05, 4.69) is 5.32 Å². The zero-order chi connectivity index (χ0) is 15.2. The van der Waals surface area contributed by atoms with E-state index in [1.54, 1.807) is 22.9 Å². The number of thiophene rings is 2. The Bertz CT molecular complexity index is 834. The van der Waals surface area contributed by atoms with E-state index in [0.29, 0.717) is 5.00 Å². The van der Waals surface area contributed by atoms with Gasteiger partial charge < -0.3 is 10.4 Å². The van der Waals surface area contributed by atoms with Gasteiger partial charge in [-0.2, -0.15) is 0 Å². The van der Waals surface area contributed by atoms with E-state index < -0.39 is 15.9 Å². The van der Waals surface area contributed by atoms with Gasteiger partial charge in [0.1, 0.15) is 4.90 Å². The molecule has 0 saturated heterocycles. The summed E-state index contributed by atoms with van der Waals surface area (Å²) in [6.07, 6.45) is 0. The maximum Gasteiger partial charge on any atom is 0.277 e. The number of carbonyl (C=O) groups is 1. The second-order valence-electron chi connectivity index (χ2n) is 4.22. The lowest BCUT2D eigenvalue weighted by Gasteiger charge is -2.26. The standard InChI is InChI=1S/C12H10N2O4S3/c1-14-9(12(16)13-8-3-2-5-19-8)10(15)11-7(4-6-20-11)21(14,17)18/h2-6,15H,1H3,(H,13,16). The lowest BCUT2D eigenvalue weighted by atomic mass is 10.3. The van der Waals surface area contributed by atoms with Crippen molar-refractivity contribution in [2.24, 2.45) is 0 Å². The molecule has 1 aliphatic heterocycles. The van der Waals surface area contributed by atoms with Crippen LogP contribution in [0.2, 0.25) is 0 Å². The molecule has 0 fully saturated rings. The molecule has 6 nitrogen and oxygen atoms in total. The Balaban J connectivity index is 2.09. The number of amides is 1. The van der Waals surface area contributed by atoms with Gasteiger partial charge in [0.15, 0.2) is 11.5 Å². The Labute approximate surface area is 129 Å². The number of nitrogens with one attached hydrogen (secondary N) is 1. The number of hydrogen-bond donors (Lipinski definition) is 2. The topological polar surface area (TPSA) is 86.7 Å². The molecule has 2 N–H and O–H groups in total. The fourth-order valence-electron chi connectivity index (χ4n) is 1.97. The molecule has 2 aromatic heterocycles. The van der Waals surface area contributed by atoms with Gasteiger partial charge in [-0.15, -0.1) is 22.7 Å². The van der Waals surface area contributed by atoms with Crippen LogP contribution in [0.1, 0.15) is 4.88 Å². The van der Waals surface area contributed by atoms with Gasteiger partial charge in [-0.25, -0.2) is 8.42 Å². The molecular weight excluding hydrogens is 332 g/mol. The highest BCUT2D eigenvalue weighted by Crippen LogP contribution is 2.38. The highest BCUT2D eigenvalue weighted by molar-refractivity contribution is 7.89. The molecule has 0 unspecified atom stereocenters. The summed E-state index contributed by atoms with van der Waals surface area (Å²) >= 11 is 2.38. The van der Waals surface area contributed by atoms with Crippen molar-refractivity contribution in [1.29, 1.82) is 0 Å². The van der Waals surface area contributed by atoms with E-state index in [1.807, 2.05) is 0 Å². The van der Waals surface area contributed by atoms with Crippen LogP contribution < -0.4 is 5.32 Å². The highest BCUT2D eigenvalue weighted by Gasteiger charge is 2.38. The van der Waals surface area contributed by atoms with Crippen LogP contribution in [0.3, 0.4) is 0 Å². The smallest absolute Gasteiger partial charge is 0.277 e. The zero-order valence-electron chi connectivity index (χ0n) is 10.7. The van der Waals surface area contributed by atoms with E-state index in [4.69, 9.17) is 0 Å². The van der Waals surface area contributed by atoms with E-state index >= 15 is 0 Å². The van der Waals surface area contributed by atoms with E-state index in [9.17, 15) is 18.3 Å². The second-order valence-corrected chi connectivity index (χ2v) is 8.02. The first kappa shape index (κ1) is 14.1. The largest absolute Gasteiger partial charge is 0.504 e. The number of likely N-dealkylation sites (N-methyl/N-ethyl adjacent to an activating group) is 1. The summed E-state index contributed by atoms with van der Waals surface area (Å²) < 4.78 is 25.5. The summed E-state index contributed by atoms with van der Waals surface area (Å²) in [6, 6.07) is 4.86. The number of sulfonamides is 1. The second kappa shape index (κ2) is 4.86. The van der Waals surface area contributed by atoms with Gasteiger partial charge in [-0.3, -0.25) is 9.10 Å². The number of rotatable bonds is 2. The number of aliphatic hydroxyl groups excluding tert-OH is 1. The summed E-state index contributed by atoms with van der Waals surface area (Å²) in [7, 11) is -2.57. The third-order valence-electron chi connectivity index (χ3n) is 2.99. The fourth-order valence-corrected chi connectivity index (χ4v) is 5.14. The Kier molecular flexibility index (Phi) is 3.27. The average Bonchev–Trinajstić information content (AvgIpc) is 3.07. The summed E-state index contributed by atoms with van der Waals surface area (Å²) in [6.45, 7) is 0. The lowest BCUT2D eigenvalue weighted by molar-refractivity contribution is -0.113. The maximum atomic E-state index is 12.3. The van der Waals surface area contributed by atoms with Gasteiger partial charge in [0.05, 0.1) is 9.88 Å². The van der Waals surface area contributed by atoms with Crippen molar-refractivity contribution >= 4 is 49.4 Å². The molecule has 21 heavy (non-hydrogen) atoms. The monoisotopic (exact) mass is 342 g/mol. The van der Waals surface area contributed by atoms with Crippen molar-refractivity contribution in [3.8, 4) is 0 Å². The zero-order valence-corrected chi connectivity index (χ0v) is 13.2. The molecule has 0 bridgehead atoms. The first-order valence-corrected chi connectivity index (χ1v) is 8.97. The molecule has 0 radical (unpaired) electrons. The number of anilines is 1. The minimum atomic E-state index is -3.81. The van der Waals surface area contributed by atoms with Crippen LogP contribution in [-0.2, 0) is 14.8 Å². The molecule has 1 amide bonds. The van der Waals surface area contributed by atoms with Crippen molar-refractivity contribution in [1.82, 2.24) is 4.31 Å². The van der Waals surface area contributed by atoms with Crippen LogP contribution in [0.4, 0.5) is 5.00 Å². The first-order chi connectivity index (χ1) is 9.93. The molecule has 3 rings (SSSR count). The Hall–Kier alpha value is -1.84. The summed E-state index contributed by atoms with van der Waals surface area (Å²) in [5.41, 5.74) is -0.279. The quantitative estimate of drug-likeness (QED) is 0.877. The predicted octanol–water partition coefficient (Wildman–Crippen LogP) is 2.31. The van der Waals surface area contributed by atoms with Crippen molar-refractivity contribution in [3.05, 3.63) is 39.5 Å². The van der Waals surface area contributed by atoms with Crippen LogP contribution in [0.15, 0.2) is 39.6 Å². The molecule has 9 heteroatoms. The number of hydrogen-bond acceptors (Lipinski definition) is 6. The van der Waals surface area contributed by atoms with Crippen LogP contribution in [0.25, 0.3) is 5.76 Å². The predicted molar refractivity (Wildman–Crippen MR) is 81.8 cm³/mol. The minimum Gasteiger partial charge on any atom is -0.504 e. The highest BCUT2D eigenvalue weighted by atomic mass is 32.2. The molecular formula is C12H10N2O4S3. The maximum absolute atomic E-state index is 12.3. The van der Waals surface area contributed by atoms with Crippen molar-refractivity contribution in [2.45, 2.75) is 4.90 Å². The van der Waals surface area contributed by atoms with Gasteiger partial charge >= 0.3 is 0 Å². The molecule has 2 aromatic rings. The Morgan fingerprint density at radius 3 is 2.71 bits per heavy atom. The Morgan fingerprint density at radius 2 is 2.05 bits per heavy atom. The molecule has 0 spiro atoms. The molecule has 1 aliphatic rings. The minimum absolute atomic E-state index is 0.0140. The van der Waals surface area contributed by atoms with Gasteiger partial charge in [0, 0.05) is 7.05 Å². The number of fused-ring (bicyclic) bond motifs is 1. The van der Waals surface area contributed by atoms with Gasteiger partial charge in [-0.1, -0.05) is 0 Å². The molecule has 0 saturated carbocycles. The summed E-state index contributed by atoms with van der Waals surface area (Å²) in [5, 5.41) is 16.7. The normalized spacial score (nSPS) is 16.7. The van der Waals surface area contributed by atoms with Crippen LogP contribution >= 0.6 is 22.7 Å². The molecule has 0 atom stereocenters. The first-order valence-electron chi connectivity index (χ1n) is 5.78. The average molecular weight is 342 g/mol. The van der Waals surface area contributed by atoms with Crippen molar-refractivity contribution in [2.75, 3.05) is 12.4 Å². The van der Waals surface area contributed by atoms with E-state index in [1.165, 1.54) is 24.5 Å². The molecule has 3 heterocycles. The number of aliphatic hydroxyl groups is 1. The molecule has 0 aliphatic carbocycles. The molecule has 0 aromatic carbocycles. The van der Waals surface area contributed by atoms with Gasteiger partial charge in [0.2, 0.25) is 0 Å². The van der Waals surface area contributed by atoms with Crippen molar-refractivity contribution in [3.63, 3.8) is 0 Å². The van der Waals surface area contributed by atoms with Crippen LogP contribution in [0.5, 0.6) is 0 Å². The summed E-state index contributed by atoms with van der Waals surface area (Å²) in [5.74, 6) is -0.994. The number of carbonyl (C=O) groups excluding carboxylic acids is 1. The van der Waals surface area contributed by atoms with E-state index in [0.717, 1.165) is 15.6 Å². The third-order valence-corrected chi connectivity index (χ3v) is 6.63. The fraction of sp³-hybridized carbons (Fsp3) is 0.0833. The SMILES string of the molecule is CN1C(C(=O)Nc2cccs2)=C(O)c2sccc2S1(=O)=O. The van der Waals surface area contributed by atoms with Crippen molar-refractivity contribution < 1.29 is 18.3 Å². The van der Waals surface area contributed by atoms with Gasteiger partial charge in [-0.05, 0) is 29.0 Å². The summed E-state index contributed by atoms with van der Waals surface area (Å²) in [4.78, 5) is 12.5. The number of nitrogens with zero attached hydrogens (tertiary/aromatic N) is 1. The molecule has 110 valence electrons. The Morgan fingerprint density at radius 1 is 1.29 bits per heavy atom. The third kappa shape index (κ3) is 2.13. The van der Waals surface area contributed by atoms with E-state index in [-0.39, 0.29) is 21.2 Å². The van der Waals surface area contributed by atoms with Gasteiger partial charge in [0.25, 0.3) is 15.9 Å². The van der Waals surface area contributed by atoms with Crippen LogP contribution in [0, 0.1) is 0 Å². The van der Waals surface area contributed by atoms with Crippen LogP contribution in [-0.4, -0.2) is 30.8 Å². The lowest BCUT2D eigenvalue weighted by Crippen LogP contribution is -2.36.